The molecule has 9 nitrogen and oxygen atoms in total. The summed E-state index contributed by atoms with van der Waals surface area (Å²) in [6, 6.07) is 18.3. The zero-order valence-corrected chi connectivity index (χ0v) is 21.1. The van der Waals surface area contributed by atoms with E-state index in [1.807, 2.05) is 13.0 Å². The maximum absolute atomic E-state index is 14.1. The third kappa shape index (κ3) is 4.88. The van der Waals surface area contributed by atoms with Crippen LogP contribution in [0.5, 0.6) is 17.2 Å². The molecule has 1 amide bonds. The smallest absolute Gasteiger partial charge is 0.255 e. The average molecular weight is 516 g/mol. The molecule has 38 heavy (non-hydrogen) atoms. The number of benzene rings is 3. The number of aromatic nitrogens is 3. The number of carbonyl (C=O) groups is 1. The fraction of sp³-hybridized carbons (Fsp3) is 0.179. The number of halogens is 1. The number of allylic oxidation sites excluding steroid dienone is 1. The summed E-state index contributed by atoms with van der Waals surface area (Å²) in [7, 11) is 3.11. The van der Waals surface area contributed by atoms with E-state index in [0.29, 0.717) is 45.7 Å². The molecule has 3 aromatic carbocycles. The number of hydrogen-bond acceptors (Lipinski definition) is 7. The molecule has 0 saturated heterocycles. The lowest BCUT2D eigenvalue weighted by molar-refractivity contribution is -0.113. The lowest BCUT2D eigenvalue weighted by Crippen LogP contribution is -2.31. The van der Waals surface area contributed by atoms with Gasteiger partial charge >= 0.3 is 0 Å². The lowest BCUT2D eigenvalue weighted by atomic mass is 9.94. The van der Waals surface area contributed by atoms with Crippen LogP contribution in [0.25, 0.3) is 0 Å². The highest BCUT2D eigenvalue weighted by molar-refractivity contribution is 6.06. The van der Waals surface area contributed by atoms with E-state index in [1.165, 1.54) is 19.5 Å². The highest BCUT2D eigenvalue weighted by atomic mass is 19.1. The molecule has 2 heterocycles. The van der Waals surface area contributed by atoms with Gasteiger partial charge in [0.2, 0.25) is 5.95 Å². The van der Waals surface area contributed by atoms with Gasteiger partial charge in [0.05, 0.1) is 19.8 Å². The monoisotopic (exact) mass is 515 g/mol. The predicted octanol–water partition coefficient (Wildman–Crippen LogP) is 4.94. The number of nitrogens with zero attached hydrogens (tertiary/aromatic N) is 3. The number of nitrogens with one attached hydrogen (secondary N) is 2. The van der Waals surface area contributed by atoms with Gasteiger partial charge in [0.25, 0.3) is 5.91 Å². The number of anilines is 2. The molecule has 4 aromatic rings. The minimum absolute atomic E-state index is 0.0392. The second-order valence-corrected chi connectivity index (χ2v) is 8.57. The standard InChI is InChI=1S/C28H26FN5O4/c1-17-25(27(35)33-20-9-11-21(36-2)12-10-20)26(34-28(32-17)30-16-31-34)18-8-13-23(24(14-18)37-3)38-15-19-6-4-5-7-22(19)29/h4-14,16,26H,15H2,1-3H3,(H,33,35)(H,30,31,32)/t26-/m1/s1. The second kappa shape index (κ2) is 10.6. The molecule has 194 valence electrons. The second-order valence-electron chi connectivity index (χ2n) is 8.57. The zero-order chi connectivity index (χ0) is 26.6. The van der Waals surface area contributed by atoms with Crippen molar-refractivity contribution >= 4 is 17.5 Å². The summed E-state index contributed by atoms with van der Waals surface area (Å²) < 4.78 is 32.4. The van der Waals surface area contributed by atoms with E-state index in [2.05, 4.69) is 20.7 Å². The number of ether oxygens (including phenoxy) is 3. The van der Waals surface area contributed by atoms with Gasteiger partial charge in [-0.3, -0.25) is 4.79 Å². The van der Waals surface area contributed by atoms with Crippen molar-refractivity contribution in [1.29, 1.82) is 0 Å². The Balaban J connectivity index is 1.46. The molecule has 1 aliphatic rings. The molecule has 0 saturated carbocycles. The van der Waals surface area contributed by atoms with Crippen molar-refractivity contribution in [2.45, 2.75) is 19.6 Å². The van der Waals surface area contributed by atoms with Crippen LogP contribution in [-0.2, 0) is 11.4 Å². The third-order valence-electron chi connectivity index (χ3n) is 6.23. The maximum Gasteiger partial charge on any atom is 0.255 e. The number of fused-ring (bicyclic) bond motifs is 1. The van der Waals surface area contributed by atoms with Crippen molar-refractivity contribution in [3.05, 3.63) is 101 Å². The Bertz CT molecular complexity index is 1500. The molecule has 5 rings (SSSR count). The Hall–Kier alpha value is -4.86. The molecule has 0 radical (unpaired) electrons. The molecule has 1 aliphatic heterocycles. The van der Waals surface area contributed by atoms with E-state index in [-0.39, 0.29) is 18.3 Å². The largest absolute Gasteiger partial charge is 0.497 e. The van der Waals surface area contributed by atoms with Crippen molar-refractivity contribution in [3.63, 3.8) is 0 Å². The number of hydrogen-bond donors (Lipinski definition) is 2. The van der Waals surface area contributed by atoms with Crippen molar-refractivity contribution in [1.82, 2.24) is 14.8 Å². The van der Waals surface area contributed by atoms with Gasteiger partial charge < -0.3 is 24.8 Å². The molecule has 2 N–H and O–H groups in total. The molecule has 0 fully saturated rings. The van der Waals surface area contributed by atoms with Crippen molar-refractivity contribution < 1.29 is 23.4 Å². The highest BCUT2D eigenvalue weighted by Gasteiger charge is 2.34. The highest BCUT2D eigenvalue weighted by Crippen LogP contribution is 2.39. The van der Waals surface area contributed by atoms with Crippen LogP contribution in [0.15, 0.2) is 84.3 Å². The quantitative estimate of drug-likeness (QED) is 0.343. The van der Waals surface area contributed by atoms with Gasteiger partial charge in [-0.1, -0.05) is 24.3 Å². The number of methoxy groups -OCH3 is 2. The number of amides is 1. The van der Waals surface area contributed by atoms with Crippen molar-refractivity contribution in [2.24, 2.45) is 0 Å². The first-order valence-electron chi connectivity index (χ1n) is 11.9. The third-order valence-corrected chi connectivity index (χ3v) is 6.23. The molecular formula is C28H26FN5O4. The minimum Gasteiger partial charge on any atom is -0.497 e. The van der Waals surface area contributed by atoms with E-state index in [0.717, 1.165) is 5.56 Å². The van der Waals surface area contributed by atoms with E-state index in [1.54, 1.807) is 66.4 Å². The predicted molar refractivity (Wildman–Crippen MR) is 140 cm³/mol. The molecule has 0 bridgehead atoms. The Morgan fingerprint density at radius 3 is 2.58 bits per heavy atom. The summed E-state index contributed by atoms with van der Waals surface area (Å²) in [5.74, 6) is 1.43. The molecule has 1 atom stereocenters. The van der Waals surface area contributed by atoms with E-state index in [4.69, 9.17) is 14.2 Å². The normalized spacial score (nSPS) is 14.4. The van der Waals surface area contributed by atoms with E-state index >= 15 is 0 Å². The summed E-state index contributed by atoms with van der Waals surface area (Å²) in [6.07, 6.45) is 1.43. The molecule has 1 aromatic heterocycles. The van der Waals surface area contributed by atoms with Gasteiger partial charge in [0.15, 0.2) is 11.5 Å². The van der Waals surface area contributed by atoms with Crippen LogP contribution in [0.2, 0.25) is 0 Å². The van der Waals surface area contributed by atoms with Gasteiger partial charge in [-0.05, 0) is 55.0 Å². The van der Waals surface area contributed by atoms with Crippen LogP contribution < -0.4 is 24.8 Å². The SMILES string of the molecule is COc1ccc(NC(=O)C2=C(C)Nc3ncnn3[C@@H]2c2ccc(OCc3ccccc3F)c(OC)c2)cc1. The molecule has 0 unspecified atom stereocenters. The number of rotatable bonds is 8. The summed E-state index contributed by atoms with van der Waals surface area (Å²) in [5, 5.41) is 10.5. The molecular weight excluding hydrogens is 489 g/mol. The average Bonchev–Trinajstić information content (AvgIpc) is 3.40. The summed E-state index contributed by atoms with van der Waals surface area (Å²) in [4.78, 5) is 17.8. The summed E-state index contributed by atoms with van der Waals surface area (Å²) >= 11 is 0. The Morgan fingerprint density at radius 1 is 1.05 bits per heavy atom. The van der Waals surface area contributed by atoms with Crippen LogP contribution in [0.3, 0.4) is 0 Å². The van der Waals surface area contributed by atoms with Crippen LogP contribution in [-0.4, -0.2) is 34.9 Å². The number of carbonyl (C=O) groups excluding carboxylic acids is 1. The van der Waals surface area contributed by atoms with Crippen molar-refractivity contribution in [3.8, 4) is 17.2 Å². The van der Waals surface area contributed by atoms with Crippen LogP contribution in [0.4, 0.5) is 16.0 Å². The van der Waals surface area contributed by atoms with E-state index in [9.17, 15) is 9.18 Å². The van der Waals surface area contributed by atoms with Gasteiger partial charge in [0.1, 0.15) is 30.5 Å². The van der Waals surface area contributed by atoms with Crippen LogP contribution >= 0.6 is 0 Å². The fourth-order valence-corrected chi connectivity index (χ4v) is 4.31. The van der Waals surface area contributed by atoms with Crippen LogP contribution in [0, 0.1) is 5.82 Å². The first-order valence-corrected chi connectivity index (χ1v) is 11.9. The topological polar surface area (TPSA) is 99.5 Å². The van der Waals surface area contributed by atoms with Crippen LogP contribution in [0.1, 0.15) is 24.1 Å². The van der Waals surface area contributed by atoms with Gasteiger partial charge in [0, 0.05) is 16.9 Å². The van der Waals surface area contributed by atoms with Gasteiger partial charge in [-0.2, -0.15) is 10.1 Å². The zero-order valence-electron chi connectivity index (χ0n) is 21.1. The Kier molecular flexibility index (Phi) is 6.94. The maximum atomic E-state index is 14.1. The first-order chi connectivity index (χ1) is 18.5. The Morgan fingerprint density at radius 2 is 1.84 bits per heavy atom. The fourth-order valence-electron chi connectivity index (χ4n) is 4.31. The Labute approximate surface area is 218 Å². The summed E-state index contributed by atoms with van der Waals surface area (Å²) in [6.45, 7) is 1.86. The van der Waals surface area contributed by atoms with E-state index < -0.39 is 6.04 Å². The summed E-state index contributed by atoms with van der Waals surface area (Å²) in [5.41, 5.74) is 2.88. The minimum atomic E-state index is -0.596. The first kappa shape index (κ1) is 24.8. The molecule has 0 spiro atoms. The van der Waals surface area contributed by atoms with Gasteiger partial charge in [-0.15, -0.1) is 0 Å². The lowest BCUT2D eigenvalue weighted by Gasteiger charge is -2.29. The molecule has 0 aliphatic carbocycles. The molecule has 10 heteroatoms. The van der Waals surface area contributed by atoms with Gasteiger partial charge in [-0.25, -0.2) is 9.07 Å². The van der Waals surface area contributed by atoms with Crippen molar-refractivity contribution in [2.75, 3.05) is 24.9 Å².